The Kier molecular flexibility index (Phi) is 1.45. The van der Waals surface area contributed by atoms with Crippen LogP contribution >= 0.6 is 0 Å². The highest BCUT2D eigenvalue weighted by molar-refractivity contribution is 5.91. The fraction of sp³-hybridized carbons (Fsp3) is 0.500. The van der Waals surface area contributed by atoms with Crippen LogP contribution in [0.25, 0.3) is 0 Å². The van der Waals surface area contributed by atoms with Crippen LogP contribution in [0.4, 0.5) is 0 Å². The van der Waals surface area contributed by atoms with Crippen molar-refractivity contribution in [2.75, 3.05) is 0 Å². The zero-order valence-corrected chi connectivity index (χ0v) is 6.55. The predicted molar refractivity (Wildman–Crippen MR) is 44.2 cm³/mol. The Bertz CT molecular complexity index is 231. The van der Waals surface area contributed by atoms with Gasteiger partial charge in [-0.1, -0.05) is 24.6 Å². The Balaban J connectivity index is 2.18. The van der Waals surface area contributed by atoms with Gasteiger partial charge < -0.3 is 0 Å². The monoisotopic (exact) mass is 148 g/mol. The summed E-state index contributed by atoms with van der Waals surface area (Å²) < 4.78 is 0. The van der Waals surface area contributed by atoms with Gasteiger partial charge in [-0.25, -0.2) is 0 Å². The van der Waals surface area contributed by atoms with E-state index in [0.29, 0.717) is 0 Å². The molecule has 0 aromatic rings. The summed E-state index contributed by atoms with van der Waals surface area (Å²) in [7, 11) is 0. The van der Waals surface area contributed by atoms with Crippen molar-refractivity contribution in [1.29, 1.82) is 0 Å². The van der Waals surface area contributed by atoms with E-state index >= 15 is 0 Å². The molecule has 0 N–H and O–H groups in total. The van der Waals surface area contributed by atoms with E-state index in [0.717, 1.165) is 6.42 Å². The van der Waals surface area contributed by atoms with Crippen LogP contribution in [0.5, 0.6) is 0 Å². The average molecular weight is 148 g/mol. The third kappa shape index (κ3) is 1.15. The molecule has 2 aliphatic carbocycles. The van der Waals surface area contributed by atoms with Crippen LogP contribution in [0.1, 0.15) is 25.7 Å². The van der Waals surface area contributed by atoms with Crippen molar-refractivity contribution < 1.29 is 4.79 Å². The van der Waals surface area contributed by atoms with Crippen molar-refractivity contribution in [3.8, 4) is 0 Å². The van der Waals surface area contributed by atoms with Gasteiger partial charge in [-0.05, 0) is 24.3 Å². The number of rotatable bonds is 0. The molecule has 58 valence electrons. The lowest BCUT2D eigenvalue weighted by Gasteiger charge is -2.38. The maximum atomic E-state index is 11.2. The van der Waals surface area contributed by atoms with Crippen LogP contribution in [0.15, 0.2) is 24.3 Å². The lowest BCUT2D eigenvalue weighted by atomic mass is 9.66. The van der Waals surface area contributed by atoms with E-state index in [1.807, 2.05) is 12.2 Å². The molecule has 0 aromatic heterocycles. The summed E-state index contributed by atoms with van der Waals surface area (Å²) in [6, 6.07) is 0. The summed E-state index contributed by atoms with van der Waals surface area (Å²) in [5, 5.41) is 0. The average Bonchev–Trinajstić information content (AvgIpc) is 2.09. The summed E-state index contributed by atoms with van der Waals surface area (Å²) in [5.41, 5.74) is 0.264. The summed E-state index contributed by atoms with van der Waals surface area (Å²) in [6.07, 6.45) is 12.2. The maximum absolute atomic E-state index is 11.2. The molecule has 0 radical (unpaired) electrons. The topological polar surface area (TPSA) is 17.1 Å². The standard InChI is InChI=1S/C10H12O/c11-9-4-1-2-5-10(8-9)6-3-7-10/h1-2,4-5H,3,6-8H2. The summed E-state index contributed by atoms with van der Waals surface area (Å²) >= 11 is 0. The second-order valence-corrected chi connectivity index (χ2v) is 3.58. The van der Waals surface area contributed by atoms with Gasteiger partial charge in [-0.3, -0.25) is 4.79 Å². The highest BCUT2D eigenvalue weighted by atomic mass is 16.1. The van der Waals surface area contributed by atoms with Gasteiger partial charge in [-0.15, -0.1) is 0 Å². The number of hydrogen-bond donors (Lipinski definition) is 0. The van der Waals surface area contributed by atoms with Gasteiger partial charge in [-0.2, -0.15) is 0 Å². The molecule has 11 heavy (non-hydrogen) atoms. The predicted octanol–water partition coefficient (Wildman–Crippen LogP) is 2.24. The summed E-state index contributed by atoms with van der Waals surface area (Å²) in [4.78, 5) is 11.2. The second-order valence-electron chi connectivity index (χ2n) is 3.58. The Morgan fingerprint density at radius 1 is 1.27 bits per heavy atom. The molecule has 0 atom stereocenters. The van der Waals surface area contributed by atoms with Gasteiger partial charge in [0, 0.05) is 6.42 Å². The SMILES string of the molecule is O=C1C=CC=CC2(CCC2)C1. The molecule has 1 nitrogen and oxygen atoms in total. The zero-order chi connectivity index (χ0) is 7.73. The Hall–Kier alpha value is -0.850. The largest absolute Gasteiger partial charge is 0.295 e. The first-order valence-corrected chi connectivity index (χ1v) is 4.20. The zero-order valence-electron chi connectivity index (χ0n) is 6.55. The van der Waals surface area contributed by atoms with Crippen molar-refractivity contribution in [3.63, 3.8) is 0 Å². The van der Waals surface area contributed by atoms with E-state index in [9.17, 15) is 4.79 Å². The van der Waals surface area contributed by atoms with Gasteiger partial charge in [0.2, 0.25) is 0 Å². The van der Waals surface area contributed by atoms with E-state index in [2.05, 4.69) is 6.08 Å². The van der Waals surface area contributed by atoms with Crippen LogP contribution in [0.2, 0.25) is 0 Å². The van der Waals surface area contributed by atoms with Crippen molar-refractivity contribution in [1.82, 2.24) is 0 Å². The molecule has 0 aliphatic heterocycles. The second kappa shape index (κ2) is 2.33. The minimum Gasteiger partial charge on any atom is -0.295 e. The molecule has 1 spiro atoms. The Morgan fingerprint density at radius 2 is 2.09 bits per heavy atom. The number of ketones is 1. The molecular formula is C10H12O. The number of hydrogen-bond acceptors (Lipinski definition) is 1. The van der Waals surface area contributed by atoms with Crippen molar-refractivity contribution >= 4 is 5.78 Å². The van der Waals surface area contributed by atoms with Crippen molar-refractivity contribution in [2.24, 2.45) is 5.41 Å². The van der Waals surface area contributed by atoms with E-state index in [-0.39, 0.29) is 11.2 Å². The van der Waals surface area contributed by atoms with Crippen LogP contribution in [-0.4, -0.2) is 5.78 Å². The van der Waals surface area contributed by atoms with Crippen molar-refractivity contribution in [2.45, 2.75) is 25.7 Å². The normalized spacial score (nSPS) is 26.7. The van der Waals surface area contributed by atoms with Gasteiger partial charge in [0.25, 0.3) is 0 Å². The van der Waals surface area contributed by atoms with Gasteiger partial charge >= 0.3 is 0 Å². The molecule has 0 saturated heterocycles. The van der Waals surface area contributed by atoms with E-state index in [4.69, 9.17) is 0 Å². The summed E-state index contributed by atoms with van der Waals surface area (Å²) in [6.45, 7) is 0. The Morgan fingerprint density at radius 3 is 2.73 bits per heavy atom. The van der Waals surface area contributed by atoms with E-state index in [1.54, 1.807) is 6.08 Å². The van der Waals surface area contributed by atoms with Gasteiger partial charge in [0.05, 0.1) is 0 Å². The third-order valence-corrected chi connectivity index (χ3v) is 2.72. The Labute approximate surface area is 66.8 Å². The molecule has 1 heteroatoms. The molecule has 1 saturated carbocycles. The highest BCUT2D eigenvalue weighted by Gasteiger charge is 2.36. The molecule has 0 amide bonds. The highest BCUT2D eigenvalue weighted by Crippen LogP contribution is 2.46. The van der Waals surface area contributed by atoms with E-state index < -0.39 is 0 Å². The molecule has 0 unspecified atom stereocenters. The minimum absolute atomic E-state index is 0.264. The smallest absolute Gasteiger partial charge is 0.156 e. The minimum atomic E-state index is 0.264. The van der Waals surface area contributed by atoms with Gasteiger partial charge in [0.1, 0.15) is 0 Å². The molecule has 0 aromatic carbocycles. The third-order valence-electron chi connectivity index (χ3n) is 2.72. The molecule has 0 heterocycles. The maximum Gasteiger partial charge on any atom is 0.156 e. The lowest BCUT2D eigenvalue weighted by Crippen LogP contribution is -2.28. The first-order chi connectivity index (χ1) is 5.31. The molecule has 2 rings (SSSR count). The van der Waals surface area contributed by atoms with Crippen LogP contribution in [0.3, 0.4) is 0 Å². The number of carbonyl (C=O) groups excluding carboxylic acids is 1. The molecule has 1 fully saturated rings. The summed E-state index contributed by atoms with van der Waals surface area (Å²) in [5.74, 6) is 0.287. The molecular weight excluding hydrogens is 136 g/mol. The quantitative estimate of drug-likeness (QED) is 0.515. The first kappa shape index (κ1) is 6.84. The molecule has 0 bridgehead atoms. The van der Waals surface area contributed by atoms with Crippen LogP contribution in [0, 0.1) is 5.41 Å². The van der Waals surface area contributed by atoms with Crippen molar-refractivity contribution in [3.05, 3.63) is 24.3 Å². The number of allylic oxidation sites excluding steroid dienone is 4. The van der Waals surface area contributed by atoms with Gasteiger partial charge in [0.15, 0.2) is 5.78 Å². The van der Waals surface area contributed by atoms with Crippen LogP contribution < -0.4 is 0 Å². The van der Waals surface area contributed by atoms with E-state index in [1.165, 1.54) is 19.3 Å². The van der Waals surface area contributed by atoms with Crippen LogP contribution in [-0.2, 0) is 4.79 Å². The fourth-order valence-electron chi connectivity index (χ4n) is 1.86. The fourth-order valence-corrected chi connectivity index (χ4v) is 1.86. The molecule has 2 aliphatic rings. The number of carbonyl (C=O) groups is 1. The lowest BCUT2D eigenvalue weighted by molar-refractivity contribution is -0.117. The first-order valence-electron chi connectivity index (χ1n) is 4.20.